The van der Waals surface area contributed by atoms with Crippen molar-refractivity contribution in [2.45, 2.75) is 31.7 Å². The van der Waals surface area contributed by atoms with Crippen LogP contribution in [-0.2, 0) is 9.47 Å². The smallest absolute Gasteiger partial charge is 0.166 e. The summed E-state index contributed by atoms with van der Waals surface area (Å²) in [6.07, 6.45) is 0.760. The molecule has 0 radical (unpaired) electrons. The largest absolute Gasteiger partial charge is 0.353 e. The normalized spacial score (nSPS) is 11.5. The minimum Gasteiger partial charge on any atom is -0.353 e. The zero-order valence-electron chi connectivity index (χ0n) is 11.4. The van der Waals surface area contributed by atoms with Crippen molar-refractivity contribution < 1.29 is 9.47 Å². The second kappa shape index (κ2) is 7.53. The van der Waals surface area contributed by atoms with Crippen LogP contribution in [0.1, 0.15) is 20.3 Å². The van der Waals surface area contributed by atoms with E-state index in [4.69, 9.17) is 9.47 Å². The summed E-state index contributed by atoms with van der Waals surface area (Å²) in [5.74, 6) is 0.921. The van der Waals surface area contributed by atoms with Gasteiger partial charge in [0.25, 0.3) is 0 Å². The molecule has 0 unspecified atom stereocenters. The lowest BCUT2D eigenvalue weighted by atomic mass is 10.3. The Morgan fingerprint density at radius 1 is 1.21 bits per heavy atom. The molecule has 104 valence electrons. The molecule has 2 aromatic rings. The third kappa shape index (κ3) is 4.23. The van der Waals surface area contributed by atoms with Gasteiger partial charge < -0.3 is 14.5 Å². The van der Waals surface area contributed by atoms with Crippen molar-refractivity contribution in [3.63, 3.8) is 0 Å². The predicted molar refractivity (Wildman–Crippen MR) is 78.5 cm³/mol. The molecule has 1 aromatic heterocycles. The summed E-state index contributed by atoms with van der Waals surface area (Å²) in [4.78, 5) is 7.83. The van der Waals surface area contributed by atoms with Gasteiger partial charge >= 0.3 is 0 Å². The topological polar surface area (TPSA) is 47.1 Å². The number of imidazole rings is 1. The summed E-state index contributed by atoms with van der Waals surface area (Å²) >= 11 is 1.70. The standard InChI is InChI=1S/C14H20N2O2S/c1-3-17-13(18-4-2)9-10-19-14-15-11-7-5-6-8-12(11)16-14/h5-8,13H,3-4,9-10H2,1-2H3,(H,15,16). The molecule has 1 aromatic carbocycles. The lowest BCUT2D eigenvalue weighted by molar-refractivity contribution is -0.136. The highest BCUT2D eigenvalue weighted by atomic mass is 32.2. The molecule has 0 aliphatic carbocycles. The Labute approximate surface area is 117 Å². The van der Waals surface area contributed by atoms with E-state index in [9.17, 15) is 0 Å². The molecule has 1 N–H and O–H groups in total. The summed E-state index contributed by atoms with van der Waals surface area (Å²) in [5, 5.41) is 0.952. The van der Waals surface area contributed by atoms with Crippen LogP contribution < -0.4 is 0 Å². The van der Waals surface area contributed by atoms with Gasteiger partial charge in [0.05, 0.1) is 11.0 Å². The van der Waals surface area contributed by atoms with Crippen LogP contribution in [0.4, 0.5) is 0 Å². The molecule has 19 heavy (non-hydrogen) atoms. The fourth-order valence-corrected chi connectivity index (χ4v) is 2.68. The van der Waals surface area contributed by atoms with Crippen molar-refractivity contribution in [3.05, 3.63) is 24.3 Å². The van der Waals surface area contributed by atoms with Crippen molar-refractivity contribution in [2.24, 2.45) is 0 Å². The maximum absolute atomic E-state index is 5.51. The van der Waals surface area contributed by atoms with Gasteiger partial charge in [0.2, 0.25) is 0 Å². The van der Waals surface area contributed by atoms with Gasteiger partial charge in [-0.1, -0.05) is 23.9 Å². The average Bonchev–Trinajstić information content (AvgIpc) is 2.82. The lowest BCUT2D eigenvalue weighted by Gasteiger charge is -2.15. The van der Waals surface area contributed by atoms with Crippen LogP contribution in [-0.4, -0.2) is 35.2 Å². The molecule has 0 saturated carbocycles. The summed E-state index contributed by atoms with van der Waals surface area (Å²) in [5.41, 5.74) is 2.09. The van der Waals surface area contributed by atoms with Gasteiger partial charge in [-0.15, -0.1) is 0 Å². The number of fused-ring (bicyclic) bond motifs is 1. The van der Waals surface area contributed by atoms with Crippen LogP contribution in [0.3, 0.4) is 0 Å². The number of H-pyrrole nitrogens is 1. The fourth-order valence-electron chi connectivity index (χ4n) is 1.84. The van der Waals surface area contributed by atoms with E-state index < -0.39 is 0 Å². The molecule has 0 aliphatic rings. The van der Waals surface area contributed by atoms with Crippen molar-refractivity contribution in [3.8, 4) is 0 Å². The molecule has 0 saturated heterocycles. The first-order chi connectivity index (χ1) is 9.33. The monoisotopic (exact) mass is 280 g/mol. The van der Waals surface area contributed by atoms with Gasteiger partial charge in [0.15, 0.2) is 11.4 Å². The molecule has 0 spiro atoms. The van der Waals surface area contributed by atoms with Crippen molar-refractivity contribution in [1.29, 1.82) is 0 Å². The Bertz CT molecular complexity index is 462. The Kier molecular flexibility index (Phi) is 5.69. The number of nitrogens with zero attached hydrogens (tertiary/aromatic N) is 1. The number of nitrogens with one attached hydrogen (secondary N) is 1. The number of hydrogen-bond acceptors (Lipinski definition) is 4. The molecular weight excluding hydrogens is 260 g/mol. The summed E-state index contributed by atoms with van der Waals surface area (Å²) in [6, 6.07) is 8.06. The van der Waals surface area contributed by atoms with Crippen LogP contribution >= 0.6 is 11.8 Å². The quantitative estimate of drug-likeness (QED) is 0.594. The number of para-hydroxylation sites is 2. The second-order valence-corrected chi connectivity index (χ2v) is 5.12. The number of hydrogen-bond donors (Lipinski definition) is 1. The molecule has 4 nitrogen and oxygen atoms in total. The molecule has 5 heteroatoms. The number of ether oxygens (including phenoxy) is 2. The third-order valence-electron chi connectivity index (χ3n) is 2.67. The Morgan fingerprint density at radius 3 is 2.63 bits per heavy atom. The molecular formula is C14H20N2O2S. The van der Waals surface area contributed by atoms with Crippen molar-refractivity contribution in [1.82, 2.24) is 9.97 Å². The Hall–Kier alpha value is -1.04. The van der Waals surface area contributed by atoms with Crippen molar-refractivity contribution >= 4 is 22.8 Å². The number of aromatic nitrogens is 2. The Morgan fingerprint density at radius 2 is 1.95 bits per heavy atom. The highest BCUT2D eigenvalue weighted by Crippen LogP contribution is 2.20. The first kappa shape index (κ1) is 14.4. The predicted octanol–water partition coefficient (Wildman–Crippen LogP) is 3.44. The number of benzene rings is 1. The van der Waals surface area contributed by atoms with Crippen LogP contribution in [0.5, 0.6) is 0 Å². The van der Waals surface area contributed by atoms with Gasteiger partial charge in [-0.2, -0.15) is 0 Å². The summed E-state index contributed by atoms with van der Waals surface area (Å²) in [7, 11) is 0. The molecule has 1 heterocycles. The first-order valence-corrected chi connectivity index (χ1v) is 7.62. The highest BCUT2D eigenvalue weighted by Gasteiger charge is 2.09. The Balaban J connectivity index is 1.84. The zero-order chi connectivity index (χ0) is 13.5. The maximum atomic E-state index is 5.51. The minimum atomic E-state index is -0.105. The van der Waals surface area contributed by atoms with Gasteiger partial charge in [-0.3, -0.25) is 0 Å². The van der Waals surface area contributed by atoms with E-state index >= 15 is 0 Å². The van der Waals surface area contributed by atoms with Crippen LogP contribution in [0.15, 0.2) is 29.4 Å². The maximum Gasteiger partial charge on any atom is 0.166 e. The highest BCUT2D eigenvalue weighted by molar-refractivity contribution is 7.99. The van der Waals surface area contributed by atoms with E-state index in [1.54, 1.807) is 11.8 Å². The molecule has 0 atom stereocenters. The van der Waals surface area contributed by atoms with Crippen LogP contribution in [0, 0.1) is 0 Å². The average molecular weight is 280 g/mol. The van der Waals surface area contributed by atoms with E-state index in [1.807, 2.05) is 38.1 Å². The minimum absolute atomic E-state index is 0.105. The fraction of sp³-hybridized carbons (Fsp3) is 0.500. The van der Waals surface area contributed by atoms with E-state index in [0.29, 0.717) is 13.2 Å². The SMILES string of the molecule is CCOC(CCSc1nc2ccccc2[nH]1)OCC. The van der Waals surface area contributed by atoms with Gasteiger partial charge in [0.1, 0.15) is 0 Å². The molecule has 0 aliphatic heterocycles. The van der Waals surface area contributed by atoms with Crippen LogP contribution in [0.2, 0.25) is 0 Å². The molecule has 0 amide bonds. The van der Waals surface area contributed by atoms with E-state index in [0.717, 1.165) is 28.4 Å². The van der Waals surface area contributed by atoms with E-state index in [2.05, 4.69) is 9.97 Å². The number of rotatable bonds is 8. The molecule has 0 bridgehead atoms. The zero-order valence-corrected chi connectivity index (χ0v) is 12.2. The number of thioether (sulfide) groups is 1. The van der Waals surface area contributed by atoms with Crippen LogP contribution in [0.25, 0.3) is 11.0 Å². The van der Waals surface area contributed by atoms with Crippen molar-refractivity contribution in [2.75, 3.05) is 19.0 Å². The van der Waals surface area contributed by atoms with E-state index in [-0.39, 0.29) is 6.29 Å². The van der Waals surface area contributed by atoms with Gasteiger partial charge in [-0.25, -0.2) is 4.98 Å². The molecule has 0 fully saturated rings. The second-order valence-electron chi connectivity index (χ2n) is 4.04. The summed E-state index contributed by atoms with van der Waals surface area (Å²) < 4.78 is 11.0. The van der Waals surface area contributed by atoms with E-state index in [1.165, 1.54) is 0 Å². The van der Waals surface area contributed by atoms with Gasteiger partial charge in [-0.05, 0) is 26.0 Å². The third-order valence-corrected chi connectivity index (χ3v) is 3.57. The van der Waals surface area contributed by atoms with Gasteiger partial charge in [0, 0.05) is 25.4 Å². The first-order valence-electron chi connectivity index (χ1n) is 6.64. The lowest BCUT2D eigenvalue weighted by Crippen LogP contribution is -2.18. The molecule has 2 rings (SSSR count). The summed E-state index contributed by atoms with van der Waals surface area (Å²) in [6.45, 7) is 5.33. The number of aromatic amines is 1.